The quantitative estimate of drug-likeness (QED) is 0.625. The van der Waals surface area contributed by atoms with Crippen molar-refractivity contribution in [1.29, 1.82) is 0 Å². The summed E-state index contributed by atoms with van der Waals surface area (Å²) in [5, 5.41) is 9.04. The van der Waals surface area contributed by atoms with Crippen LogP contribution in [0.2, 0.25) is 0 Å². The molecule has 0 radical (unpaired) electrons. The summed E-state index contributed by atoms with van der Waals surface area (Å²) in [7, 11) is 0. The number of aromatic nitrogens is 3. The third-order valence-corrected chi connectivity index (χ3v) is 5.29. The summed E-state index contributed by atoms with van der Waals surface area (Å²) in [6.07, 6.45) is 6.64. The van der Waals surface area contributed by atoms with Gasteiger partial charge in [0.1, 0.15) is 0 Å². The Balaban J connectivity index is 1.67. The first-order chi connectivity index (χ1) is 13.4. The second-order valence-corrected chi connectivity index (χ2v) is 8.57. The summed E-state index contributed by atoms with van der Waals surface area (Å²) < 4.78 is 2.99. The molecule has 2 heterocycles. The van der Waals surface area contributed by atoms with Gasteiger partial charge in [-0.25, -0.2) is 10.1 Å². The van der Waals surface area contributed by atoms with E-state index in [-0.39, 0.29) is 11.3 Å². The monoisotopic (exact) mass is 437 g/mol. The summed E-state index contributed by atoms with van der Waals surface area (Å²) in [6.45, 7) is 4.40. The summed E-state index contributed by atoms with van der Waals surface area (Å²) in [5.74, 6) is -0.272. The first-order valence-corrected chi connectivity index (χ1v) is 9.82. The van der Waals surface area contributed by atoms with E-state index in [0.717, 1.165) is 40.0 Å². The largest absolute Gasteiger partial charge is 0.272 e. The third-order valence-electron chi connectivity index (χ3n) is 4.76. The molecule has 1 aliphatic rings. The molecule has 0 saturated heterocycles. The molecule has 1 aliphatic carbocycles. The van der Waals surface area contributed by atoms with E-state index in [2.05, 4.69) is 50.4 Å². The zero-order valence-corrected chi connectivity index (χ0v) is 17.3. The van der Waals surface area contributed by atoms with E-state index in [1.54, 1.807) is 18.3 Å². The molecule has 1 N–H and O–H groups in total. The SMILES string of the molecule is CC1(C)C/C(=N\NC(=O)c2cccnc2)c2cnn(-c3ccc(Br)cc3)c2C1. The Labute approximate surface area is 171 Å². The smallest absolute Gasteiger partial charge is 0.267 e. The highest BCUT2D eigenvalue weighted by atomic mass is 79.9. The molecule has 0 atom stereocenters. The molecule has 2 aromatic heterocycles. The molecular weight excluding hydrogens is 418 g/mol. The highest BCUT2D eigenvalue weighted by molar-refractivity contribution is 9.10. The average Bonchev–Trinajstić information content (AvgIpc) is 3.09. The molecule has 1 amide bonds. The van der Waals surface area contributed by atoms with Gasteiger partial charge >= 0.3 is 0 Å². The van der Waals surface area contributed by atoms with Gasteiger partial charge in [-0.2, -0.15) is 10.2 Å². The van der Waals surface area contributed by atoms with Gasteiger partial charge in [-0.05, 0) is 54.7 Å². The zero-order chi connectivity index (χ0) is 19.7. The molecule has 0 aliphatic heterocycles. The van der Waals surface area contributed by atoms with E-state index >= 15 is 0 Å². The van der Waals surface area contributed by atoms with Crippen molar-refractivity contribution in [1.82, 2.24) is 20.2 Å². The molecule has 4 rings (SSSR count). The highest BCUT2D eigenvalue weighted by Gasteiger charge is 2.33. The molecule has 0 saturated carbocycles. The normalized spacial score (nSPS) is 16.6. The summed E-state index contributed by atoms with van der Waals surface area (Å²) >= 11 is 3.47. The molecular formula is C21H20BrN5O. The number of hydrazone groups is 1. The Morgan fingerprint density at radius 2 is 1.96 bits per heavy atom. The lowest BCUT2D eigenvalue weighted by Gasteiger charge is -2.30. The van der Waals surface area contributed by atoms with Crippen molar-refractivity contribution in [2.45, 2.75) is 26.7 Å². The van der Waals surface area contributed by atoms with Crippen molar-refractivity contribution in [3.63, 3.8) is 0 Å². The van der Waals surface area contributed by atoms with Crippen molar-refractivity contribution in [2.75, 3.05) is 0 Å². The van der Waals surface area contributed by atoms with Crippen LogP contribution in [0, 0.1) is 5.41 Å². The zero-order valence-electron chi connectivity index (χ0n) is 15.7. The van der Waals surface area contributed by atoms with Crippen LogP contribution in [0.5, 0.6) is 0 Å². The Kier molecular flexibility index (Phi) is 4.85. The Bertz CT molecular complexity index is 1040. The number of nitrogens with zero attached hydrogens (tertiary/aromatic N) is 4. The van der Waals surface area contributed by atoms with Crippen molar-refractivity contribution in [3.8, 4) is 5.69 Å². The van der Waals surface area contributed by atoms with Crippen LogP contribution in [-0.2, 0) is 6.42 Å². The first-order valence-electron chi connectivity index (χ1n) is 9.03. The van der Waals surface area contributed by atoms with Gasteiger partial charge in [-0.1, -0.05) is 29.8 Å². The van der Waals surface area contributed by atoms with Crippen LogP contribution in [0.1, 0.15) is 41.9 Å². The Hall–Kier alpha value is -2.80. The second kappa shape index (κ2) is 7.31. The van der Waals surface area contributed by atoms with Crippen LogP contribution in [0.3, 0.4) is 0 Å². The lowest BCUT2D eigenvalue weighted by molar-refractivity contribution is 0.0954. The number of hydrogen-bond acceptors (Lipinski definition) is 4. The Morgan fingerprint density at radius 1 is 1.18 bits per heavy atom. The first kappa shape index (κ1) is 18.6. The van der Waals surface area contributed by atoms with Gasteiger partial charge in [0, 0.05) is 22.4 Å². The maximum Gasteiger partial charge on any atom is 0.272 e. The molecule has 1 aromatic carbocycles. The maximum atomic E-state index is 12.3. The molecule has 0 bridgehead atoms. The Morgan fingerprint density at radius 3 is 2.68 bits per heavy atom. The summed E-state index contributed by atoms with van der Waals surface area (Å²) in [5.41, 5.74) is 7.09. The number of fused-ring (bicyclic) bond motifs is 1. The molecule has 28 heavy (non-hydrogen) atoms. The van der Waals surface area contributed by atoms with Crippen LogP contribution in [0.15, 0.2) is 64.6 Å². The van der Waals surface area contributed by atoms with E-state index in [1.165, 1.54) is 6.20 Å². The molecule has 3 aromatic rings. The molecule has 142 valence electrons. The maximum absolute atomic E-state index is 12.3. The van der Waals surface area contributed by atoms with Crippen LogP contribution in [-0.4, -0.2) is 26.4 Å². The van der Waals surface area contributed by atoms with Gasteiger partial charge in [0.05, 0.1) is 28.9 Å². The standard InChI is InChI=1S/C21H20BrN5O/c1-21(2)10-18(25-26-20(28)14-4-3-9-23-12-14)17-13-24-27(19(17)11-21)16-7-5-15(22)6-8-16/h3-9,12-13H,10-11H2,1-2H3,(H,26,28)/b25-18+. The molecule has 6 nitrogen and oxygen atoms in total. The van der Waals surface area contributed by atoms with Crippen molar-refractivity contribution < 1.29 is 4.79 Å². The molecule has 0 spiro atoms. The molecule has 0 fully saturated rings. The lowest BCUT2D eigenvalue weighted by Crippen LogP contribution is -2.30. The third kappa shape index (κ3) is 3.75. The van der Waals surface area contributed by atoms with Crippen LogP contribution < -0.4 is 5.43 Å². The highest BCUT2D eigenvalue weighted by Crippen LogP contribution is 2.36. The van der Waals surface area contributed by atoms with Gasteiger partial charge in [0.2, 0.25) is 0 Å². The van der Waals surface area contributed by atoms with Crippen LogP contribution in [0.4, 0.5) is 0 Å². The number of amides is 1. The molecule has 7 heteroatoms. The average molecular weight is 438 g/mol. The number of carbonyl (C=O) groups is 1. The van der Waals surface area contributed by atoms with Crippen molar-refractivity contribution in [3.05, 3.63) is 76.3 Å². The lowest BCUT2D eigenvalue weighted by atomic mass is 9.76. The van der Waals surface area contributed by atoms with Crippen molar-refractivity contribution >= 4 is 27.5 Å². The van der Waals surface area contributed by atoms with Gasteiger partial charge in [0.25, 0.3) is 5.91 Å². The van der Waals surface area contributed by atoms with E-state index in [0.29, 0.717) is 5.56 Å². The van der Waals surface area contributed by atoms with E-state index < -0.39 is 0 Å². The number of rotatable bonds is 3. The number of hydrogen-bond donors (Lipinski definition) is 1. The summed E-state index contributed by atoms with van der Waals surface area (Å²) in [6, 6.07) is 11.5. The van der Waals surface area contributed by atoms with Gasteiger partial charge in [0.15, 0.2) is 0 Å². The fourth-order valence-corrected chi connectivity index (χ4v) is 3.70. The fourth-order valence-electron chi connectivity index (χ4n) is 3.43. The minimum Gasteiger partial charge on any atom is -0.267 e. The second-order valence-electron chi connectivity index (χ2n) is 7.65. The van der Waals surface area contributed by atoms with Crippen LogP contribution >= 0.6 is 15.9 Å². The predicted octanol–water partition coefficient (Wildman–Crippen LogP) is 4.14. The van der Waals surface area contributed by atoms with Gasteiger partial charge in [-0.3, -0.25) is 9.78 Å². The number of carbonyl (C=O) groups excluding carboxylic acids is 1. The van der Waals surface area contributed by atoms with Crippen LogP contribution in [0.25, 0.3) is 5.69 Å². The van der Waals surface area contributed by atoms with Gasteiger partial charge in [-0.15, -0.1) is 0 Å². The minimum atomic E-state index is -0.272. The summed E-state index contributed by atoms with van der Waals surface area (Å²) in [4.78, 5) is 16.3. The van der Waals surface area contributed by atoms with E-state index in [4.69, 9.17) is 0 Å². The van der Waals surface area contributed by atoms with Crippen molar-refractivity contribution in [2.24, 2.45) is 10.5 Å². The topological polar surface area (TPSA) is 72.2 Å². The molecule has 0 unspecified atom stereocenters. The number of halogens is 1. The van der Waals surface area contributed by atoms with E-state index in [1.807, 2.05) is 35.1 Å². The number of nitrogens with one attached hydrogen (secondary N) is 1. The van der Waals surface area contributed by atoms with E-state index in [9.17, 15) is 4.79 Å². The number of pyridine rings is 1. The van der Waals surface area contributed by atoms with Gasteiger partial charge < -0.3 is 0 Å². The minimum absolute atomic E-state index is 0.0119. The fraction of sp³-hybridized carbons (Fsp3) is 0.238. The predicted molar refractivity (Wildman–Crippen MR) is 112 cm³/mol. The number of benzene rings is 1.